The minimum Gasteiger partial charge on any atom is -0.368 e. The Hall–Kier alpha value is -2.31. The van der Waals surface area contributed by atoms with Gasteiger partial charge in [0.05, 0.1) is 5.56 Å². The van der Waals surface area contributed by atoms with Crippen molar-refractivity contribution in [3.8, 4) is 0 Å². The van der Waals surface area contributed by atoms with Gasteiger partial charge in [-0.3, -0.25) is 0 Å². The second-order valence-electron chi connectivity index (χ2n) is 4.77. The predicted molar refractivity (Wildman–Crippen MR) is 75.5 cm³/mol. The van der Waals surface area contributed by atoms with Crippen molar-refractivity contribution in [3.63, 3.8) is 0 Å². The number of aromatic nitrogens is 2. The van der Waals surface area contributed by atoms with Crippen LogP contribution in [-0.2, 0) is 6.18 Å². The summed E-state index contributed by atoms with van der Waals surface area (Å²) in [5.41, 5.74) is -0.435. The Kier molecular flexibility index (Phi) is 4.30. The van der Waals surface area contributed by atoms with Gasteiger partial charge >= 0.3 is 6.18 Å². The number of benzene rings is 1. The summed E-state index contributed by atoms with van der Waals surface area (Å²) in [6.07, 6.45) is -2.84. The number of alkyl halides is 3. The zero-order valence-electron chi connectivity index (χ0n) is 11.6. The zero-order chi connectivity index (χ0) is 15.5. The van der Waals surface area contributed by atoms with Gasteiger partial charge in [0.2, 0.25) is 5.95 Å². The molecule has 2 aromatic rings. The summed E-state index contributed by atoms with van der Waals surface area (Å²) < 4.78 is 37.9. The molecule has 21 heavy (non-hydrogen) atoms. The Morgan fingerprint density at radius 3 is 2.57 bits per heavy atom. The highest BCUT2D eigenvalue weighted by Crippen LogP contribution is 2.31. The SMILES string of the molecule is CC(C)Nc1ccnc(Nc2cccc(C(F)(F)F)c2)n1. The smallest absolute Gasteiger partial charge is 0.368 e. The van der Waals surface area contributed by atoms with Crippen molar-refractivity contribution in [2.75, 3.05) is 10.6 Å². The molecule has 0 amide bonds. The average molecular weight is 296 g/mol. The van der Waals surface area contributed by atoms with E-state index in [9.17, 15) is 13.2 Å². The molecule has 0 fully saturated rings. The second kappa shape index (κ2) is 5.99. The van der Waals surface area contributed by atoms with Crippen molar-refractivity contribution in [1.82, 2.24) is 9.97 Å². The summed E-state index contributed by atoms with van der Waals surface area (Å²) in [7, 11) is 0. The van der Waals surface area contributed by atoms with Crippen LogP contribution in [0.4, 0.5) is 30.6 Å². The van der Waals surface area contributed by atoms with E-state index in [0.29, 0.717) is 5.82 Å². The van der Waals surface area contributed by atoms with Crippen molar-refractivity contribution < 1.29 is 13.2 Å². The molecule has 0 aliphatic rings. The fourth-order valence-electron chi connectivity index (χ4n) is 1.70. The third-order valence-electron chi connectivity index (χ3n) is 2.54. The molecule has 0 unspecified atom stereocenters. The number of rotatable bonds is 4. The van der Waals surface area contributed by atoms with Gasteiger partial charge in [-0.05, 0) is 38.1 Å². The molecule has 0 spiro atoms. The summed E-state index contributed by atoms with van der Waals surface area (Å²) in [4.78, 5) is 8.18. The van der Waals surface area contributed by atoms with Gasteiger partial charge in [-0.2, -0.15) is 18.2 Å². The highest BCUT2D eigenvalue weighted by Gasteiger charge is 2.30. The molecule has 0 saturated carbocycles. The first-order valence-electron chi connectivity index (χ1n) is 6.38. The van der Waals surface area contributed by atoms with E-state index in [1.807, 2.05) is 13.8 Å². The molecule has 0 aliphatic carbocycles. The molecule has 4 nitrogen and oxygen atoms in total. The summed E-state index contributed by atoms with van der Waals surface area (Å²) in [5, 5.41) is 5.86. The number of nitrogens with one attached hydrogen (secondary N) is 2. The van der Waals surface area contributed by atoms with Crippen LogP contribution < -0.4 is 10.6 Å². The van der Waals surface area contributed by atoms with Crippen LogP contribution in [0.5, 0.6) is 0 Å². The van der Waals surface area contributed by atoms with E-state index in [1.54, 1.807) is 6.07 Å². The van der Waals surface area contributed by atoms with E-state index in [4.69, 9.17) is 0 Å². The zero-order valence-corrected chi connectivity index (χ0v) is 11.6. The van der Waals surface area contributed by atoms with Crippen LogP contribution in [0.3, 0.4) is 0 Å². The van der Waals surface area contributed by atoms with E-state index >= 15 is 0 Å². The summed E-state index contributed by atoms with van der Waals surface area (Å²) in [5.74, 6) is 0.842. The topological polar surface area (TPSA) is 49.8 Å². The molecule has 0 saturated heterocycles. The van der Waals surface area contributed by atoms with E-state index < -0.39 is 11.7 Å². The summed E-state index contributed by atoms with van der Waals surface area (Å²) >= 11 is 0. The van der Waals surface area contributed by atoms with Crippen LogP contribution in [0, 0.1) is 0 Å². The van der Waals surface area contributed by atoms with Gasteiger partial charge in [-0.15, -0.1) is 0 Å². The molecular formula is C14H15F3N4. The highest BCUT2D eigenvalue weighted by atomic mass is 19.4. The van der Waals surface area contributed by atoms with Gasteiger partial charge in [0.25, 0.3) is 0 Å². The van der Waals surface area contributed by atoms with Crippen LogP contribution in [0.25, 0.3) is 0 Å². The Bertz CT molecular complexity index is 611. The number of halogens is 3. The molecule has 0 atom stereocenters. The van der Waals surface area contributed by atoms with Crippen molar-refractivity contribution >= 4 is 17.5 Å². The van der Waals surface area contributed by atoms with Crippen LogP contribution in [-0.4, -0.2) is 16.0 Å². The van der Waals surface area contributed by atoms with E-state index in [-0.39, 0.29) is 17.7 Å². The van der Waals surface area contributed by atoms with E-state index in [2.05, 4.69) is 20.6 Å². The Morgan fingerprint density at radius 2 is 1.90 bits per heavy atom. The molecular weight excluding hydrogens is 281 g/mol. The number of hydrogen-bond acceptors (Lipinski definition) is 4. The molecule has 2 N–H and O–H groups in total. The van der Waals surface area contributed by atoms with Crippen molar-refractivity contribution in [1.29, 1.82) is 0 Å². The Balaban J connectivity index is 2.18. The normalized spacial score (nSPS) is 11.5. The lowest BCUT2D eigenvalue weighted by molar-refractivity contribution is -0.137. The molecule has 7 heteroatoms. The number of anilines is 3. The number of hydrogen-bond donors (Lipinski definition) is 2. The lowest BCUT2D eigenvalue weighted by Gasteiger charge is -2.12. The minimum atomic E-state index is -4.38. The molecule has 0 aliphatic heterocycles. The molecule has 1 aromatic heterocycles. The van der Waals surface area contributed by atoms with Gasteiger partial charge in [0.1, 0.15) is 5.82 Å². The molecule has 0 radical (unpaired) electrons. The van der Waals surface area contributed by atoms with Gasteiger partial charge in [0.15, 0.2) is 0 Å². The van der Waals surface area contributed by atoms with Crippen molar-refractivity contribution in [3.05, 3.63) is 42.1 Å². The standard InChI is InChI=1S/C14H15F3N4/c1-9(2)19-12-6-7-18-13(21-12)20-11-5-3-4-10(8-11)14(15,16)17/h3-9H,1-2H3,(H2,18,19,20,21). The average Bonchev–Trinajstić information content (AvgIpc) is 2.37. The van der Waals surface area contributed by atoms with Crippen LogP contribution >= 0.6 is 0 Å². The first-order valence-corrected chi connectivity index (χ1v) is 6.38. The minimum absolute atomic E-state index is 0.196. The molecule has 2 rings (SSSR count). The molecule has 112 valence electrons. The van der Waals surface area contributed by atoms with Gasteiger partial charge in [-0.25, -0.2) is 4.98 Å². The predicted octanol–water partition coefficient (Wildman–Crippen LogP) is 4.06. The van der Waals surface area contributed by atoms with E-state index in [1.165, 1.54) is 18.3 Å². The highest BCUT2D eigenvalue weighted by molar-refractivity contribution is 5.56. The molecule has 1 aromatic carbocycles. The Morgan fingerprint density at radius 1 is 1.14 bits per heavy atom. The lowest BCUT2D eigenvalue weighted by atomic mass is 10.2. The maximum atomic E-state index is 12.6. The second-order valence-corrected chi connectivity index (χ2v) is 4.77. The largest absolute Gasteiger partial charge is 0.416 e. The number of nitrogens with zero attached hydrogens (tertiary/aromatic N) is 2. The van der Waals surface area contributed by atoms with Crippen molar-refractivity contribution in [2.45, 2.75) is 26.1 Å². The third-order valence-corrected chi connectivity index (χ3v) is 2.54. The van der Waals surface area contributed by atoms with Crippen LogP contribution in [0.2, 0.25) is 0 Å². The maximum absolute atomic E-state index is 12.6. The van der Waals surface area contributed by atoms with Crippen molar-refractivity contribution in [2.24, 2.45) is 0 Å². The lowest BCUT2D eigenvalue weighted by Crippen LogP contribution is -2.12. The third kappa shape index (κ3) is 4.34. The Labute approximate surface area is 120 Å². The summed E-state index contributed by atoms with van der Waals surface area (Å²) in [6.45, 7) is 3.92. The molecule has 0 bridgehead atoms. The quantitative estimate of drug-likeness (QED) is 0.893. The monoisotopic (exact) mass is 296 g/mol. The maximum Gasteiger partial charge on any atom is 0.416 e. The first-order chi connectivity index (χ1) is 9.84. The molecule has 1 heterocycles. The fraction of sp³-hybridized carbons (Fsp3) is 0.286. The first kappa shape index (κ1) is 15.1. The van der Waals surface area contributed by atoms with Crippen LogP contribution in [0.1, 0.15) is 19.4 Å². The fourth-order valence-corrected chi connectivity index (χ4v) is 1.70. The van der Waals surface area contributed by atoms with Gasteiger partial charge in [0, 0.05) is 17.9 Å². The van der Waals surface area contributed by atoms with Gasteiger partial charge in [-0.1, -0.05) is 6.07 Å². The van der Waals surface area contributed by atoms with E-state index in [0.717, 1.165) is 12.1 Å². The van der Waals surface area contributed by atoms with Gasteiger partial charge < -0.3 is 10.6 Å². The summed E-state index contributed by atoms with van der Waals surface area (Å²) in [6, 6.07) is 6.79. The van der Waals surface area contributed by atoms with Crippen LogP contribution in [0.15, 0.2) is 36.5 Å².